The van der Waals surface area contributed by atoms with E-state index < -0.39 is 0 Å². The van der Waals surface area contributed by atoms with Crippen molar-refractivity contribution in [2.24, 2.45) is 5.41 Å². The first-order chi connectivity index (χ1) is 7.72. The number of likely N-dealkylation sites (N-methyl/N-ethyl adjacent to an activating group) is 1. The summed E-state index contributed by atoms with van der Waals surface area (Å²) in [6.45, 7) is 4.07. The van der Waals surface area contributed by atoms with E-state index in [-0.39, 0.29) is 17.8 Å². The number of carbonyl (C=O) groups is 1. The van der Waals surface area contributed by atoms with Crippen LogP contribution in [0.1, 0.15) is 45.4 Å². The minimum absolute atomic E-state index is 0. The van der Waals surface area contributed by atoms with Crippen LogP contribution in [0.15, 0.2) is 0 Å². The number of nitrogens with zero attached hydrogens (tertiary/aromatic N) is 1. The summed E-state index contributed by atoms with van der Waals surface area (Å²) >= 11 is 0. The predicted octanol–water partition coefficient (Wildman–Crippen LogP) is 2.20. The molecule has 1 N–H and O–H groups in total. The number of amides is 1. The third-order valence-corrected chi connectivity index (χ3v) is 4.15. The van der Waals surface area contributed by atoms with E-state index in [1.807, 2.05) is 7.05 Å². The van der Waals surface area contributed by atoms with Crippen LogP contribution in [0.5, 0.6) is 0 Å². The van der Waals surface area contributed by atoms with Crippen LogP contribution in [-0.2, 0) is 4.79 Å². The number of halogens is 1. The first kappa shape index (κ1) is 14.8. The Morgan fingerprint density at radius 2 is 2.18 bits per heavy atom. The summed E-state index contributed by atoms with van der Waals surface area (Å²) in [5, 5.41) is 3.30. The number of nitrogens with one attached hydrogen (secondary N) is 1. The van der Waals surface area contributed by atoms with Crippen molar-refractivity contribution in [3.05, 3.63) is 0 Å². The number of carbonyl (C=O) groups excluding carboxylic acids is 1. The summed E-state index contributed by atoms with van der Waals surface area (Å²) < 4.78 is 0. The Bertz CT molecular complexity index is 266. The highest BCUT2D eigenvalue weighted by Gasteiger charge is 2.50. The van der Waals surface area contributed by atoms with E-state index in [1.165, 1.54) is 6.42 Å². The van der Waals surface area contributed by atoms with Crippen LogP contribution in [0, 0.1) is 5.41 Å². The van der Waals surface area contributed by atoms with Crippen LogP contribution >= 0.6 is 12.4 Å². The molecule has 1 heterocycles. The molecule has 1 unspecified atom stereocenters. The summed E-state index contributed by atoms with van der Waals surface area (Å²) in [6.07, 6.45) is 6.84. The minimum atomic E-state index is 0. The first-order valence-electron chi connectivity index (χ1n) is 6.68. The van der Waals surface area contributed by atoms with Gasteiger partial charge >= 0.3 is 0 Å². The van der Waals surface area contributed by atoms with Crippen molar-refractivity contribution in [1.29, 1.82) is 0 Å². The molecule has 3 nitrogen and oxygen atoms in total. The lowest BCUT2D eigenvalue weighted by atomic mass is 9.96. The molecule has 0 aromatic rings. The third-order valence-electron chi connectivity index (χ3n) is 4.15. The number of piperidine rings is 1. The molecular formula is C13H25ClN2O. The van der Waals surface area contributed by atoms with Crippen molar-refractivity contribution >= 4 is 18.3 Å². The van der Waals surface area contributed by atoms with Gasteiger partial charge in [0.15, 0.2) is 0 Å². The van der Waals surface area contributed by atoms with Gasteiger partial charge in [-0.25, -0.2) is 0 Å². The zero-order valence-corrected chi connectivity index (χ0v) is 11.8. The van der Waals surface area contributed by atoms with Crippen LogP contribution in [0.25, 0.3) is 0 Å². The highest BCUT2D eigenvalue weighted by molar-refractivity contribution is 5.85. The van der Waals surface area contributed by atoms with Crippen molar-refractivity contribution in [2.75, 3.05) is 20.1 Å². The fourth-order valence-electron chi connectivity index (χ4n) is 2.93. The van der Waals surface area contributed by atoms with Crippen LogP contribution in [0.2, 0.25) is 0 Å². The summed E-state index contributed by atoms with van der Waals surface area (Å²) in [4.78, 5) is 14.5. The lowest BCUT2D eigenvalue weighted by Crippen LogP contribution is -2.49. The molecular weight excluding hydrogens is 236 g/mol. The first-order valence-corrected chi connectivity index (χ1v) is 6.68. The van der Waals surface area contributed by atoms with Gasteiger partial charge in [-0.05, 0) is 39.2 Å². The van der Waals surface area contributed by atoms with Gasteiger partial charge in [-0.15, -0.1) is 12.4 Å². The summed E-state index contributed by atoms with van der Waals surface area (Å²) in [7, 11) is 2.00. The Morgan fingerprint density at radius 1 is 1.47 bits per heavy atom. The second-order valence-corrected chi connectivity index (χ2v) is 5.41. The standard InChI is InChI=1S/C13H24N2O.ClH/c1-3-6-13(7-8-13)12(16)15-9-4-5-11(10-15)14-2;/h11,14H,3-10H2,1-2H3;1H. The lowest BCUT2D eigenvalue weighted by molar-refractivity contribution is -0.138. The molecule has 0 bridgehead atoms. The van der Waals surface area contributed by atoms with Crippen molar-refractivity contribution in [1.82, 2.24) is 10.2 Å². The molecule has 17 heavy (non-hydrogen) atoms. The Balaban J connectivity index is 0.00000144. The maximum Gasteiger partial charge on any atom is 0.228 e. The maximum absolute atomic E-state index is 12.4. The summed E-state index contributed by atoms with van der Waals surface area (Å²) in [5.74, 6) is 0.439. The molecule has 2 rings (SSSR count). The Labute approximate surface area is 111 Å². The van der Waals surface area contributed by atoms with E-state index in [1.54, 1.807) is 0 Å². The van der Waals surface area contributed by atoms with Gasteiger partial charge in [0.25, 0.3) is 0 Å². The van der Waals surface area contributed by atoms with Gasteiger partial charge < -0.3 is 10.2 Å². The number of hydrogen-bond acceptors (Lipinski definition) is 2. The fraction of sp³-hybridized carbons (Fsp3) is 0.923. The van der Waals surface area contributed by atoms with Gasteiger partial charge in [0, 0.05) is 24.5 Å². The molecule has 2 fully saturated rings. The van der Waals surface area contributed by atoms with Gasteiger partial charge in [-0.1, -0.05) is 13.3 Å². The molecule has 0 aromatic carbocycles. The molecule has 0 radical (unpaired) electrons. The third kappa shape index (κ3) is 3.14. The van der Waals surface area contributed by atoms with Crippen molar-refractivity contribution in [2.45, 2.75) is 51.5 Å². The van der Waals surface area contributed by atoms with E-state index in [9.17, 15) is 4.79 Å². The summed E-state index contributed by atoms with van der Waals surface area (Å²) in [5.41, 5.74) is 0.0599. The molecule has 1 saturated carbocycles. The zero-order chi connectivity index (χ0) is 11.6. The Morgan fingerprint density at radius 3 is 2.71 bits per heavy atom. The highest BCUT2D eigenvalue weighted by Crippen LogP contribution is 2.51. The van der Waals surface area contributed by atoms with E-state index in [2.05, 4.69) is 17.1 Å². The van der Waals surface area contributed by atoms with Crippen LogP contribution < -0.4 is 5.32 Å². The molecule has 1 saturated heterocycles. The smallest absolute Gasteiger partial charge is 0.228 e. The molecule has 1 aliphatic heterocycles. The second-order valence-electron chi connectivity index (χ2n) is 5.41. The molecule has 1 aliphatic carbocycles. The molecule has 0 spiro atoms. The van der Waals surface area contributed by atoms with Crippen LogP contribution in [0.4, 0.5) is 0 Å². The average molecular weight is 261 g/mol. The SMILES string of the molecule is CCCC1(C(=O)N2CCCC(NC)C2)CC1.Cl. The van der Waals surface area contributed by atoms with Gasteiger partial charge in [0.1, 0.15) is 0 Å². The Kier molecular flexibility index (Phi) is 5.26. The fourth-order valence-corrected chi connectivity index (χ4v) is 2.93. The highest BCUT2D eigenvalue weighted by atomic mass is 35.5. The van der Waals surface area contributed by atoms with Crippen molar-refractivity contribution in [3.8, 4) is 0 Å². The average Bonchev–Trinajstić information content (AvgIpc) is 3.10. The van der Waals surface area contributed by atoms with Gasteiger partial charge in [-0.2, -0.15) is 0 Å². The van der Waals surface area contributed by atoms with Crippen LogP contribution in [-0.4, -0.2) is 37.0 Å². The molecule has 2 aliphatic rings. The molecule has 1 atom stereocenters. The quantitative estimate of drug-likeness (QED) is 0.841. The molecule has 1 amide bonds. The monoisotopic (exact) mass is 260 g/mol. The molecule has 100 valence electrons. The topological polar surface area (TPSA) is 32.3 Å². The van der Waals surface area contributed by atoms with Gasteiger partial charge in [0.2, 0.25) is 5.91 Å². The minimum Gasteiger partial charge on any atom is -0.341 e. The van der Waals surface area contributed by atoms with E-state index in [0.29, 0.717) is 11.9 Å². The second kappa shape index (κ2) is 6.05. The number of rotatable bonds is 4. The Hall–Kier alpha value is -0.280. The largest absolute Gasteiger partial charge is 0.341 e. The van der Waals surface area contributed by atoms with E-state index >= 15 is 0 Å². The molecule has 4 heteroatoms. The maximum atomic E-state index is 12.4. The van der Waals surface area contributed by atoms with Crippen molar-refractivity contribution in [3.63, 3.8) is 0 Å². The molecule has 0 aromatic heterocycles. The van der Waals surface area contributed by atoms with Crippen LogP contribution in [0.3, 0.4) is 0 Å². The predicted molar refractivity (Wildman–Crippen MR) is 72.5 cm³/mol. The van der Waals surface area contributed by atoms with Gasteiger partial charge in [-0.3, -0.25) is 4.79 Å². The summed E-state index contributed by atoms with van der Waals surface area (Å²) in [6, 6.07) is 0.509. The lowest BCUT2D eigenvalue weighted by Gasteiger charge is -2.35. The normalized spacial score (nSPS) is 26.2. The van der Waals surface area contributed by atoms with Crippen molar-refractivity contribution < 1.29 is 4.79 Å². The number of likely N-dealkylation sites (tertiary alicyclic amines) is 1. The van der Waals surface area contributed by atoms with E-state index in [0.717, 1.165) is 45.2 Å². The van der Waals surface area contributed by atoms with E-state index in [4.69, 9.17) is 0 Å². The van der Waals surface area contributed by atoms with Gasteiger partial charge in [0.05, 0.1) is 0 Å². The number of hydrogen-bond donors (Lipinski definition) is 1. The zero-order valence-electron chi connectivity index (χ0n) is 11.0.